The molecule has 0 radical (unpaired) electrons. The van der Waals surface area contributed by atoms with E-state index >= 15 is 0 Å². The first-order chi connectivity index (χ1) is 12.1. The van der Waals surface area contributed by atoms with E-state index in [9.17, 15) is 9.59 Å². The highest BCUT2D eigenvalue weighted by atomic mass is 16.2. The maximum atomic E-state index is 12.0. The predicted octanol–water partition coefficient (Wildman–Crippen LogP) is 2.84. The van der Waals surface area contributed by atoms with Crippen molar-refractivity contribution in [2.75, 3.05) is 11.9 Å². The molecule has 0 bridgehead atoms. The third-order valence-electron chi connectivity index (χ3n) is 4.05. The van der Waals surface area contributed by atoms with Crippen molar-refractivity contribution in [3.8, 4) is 0 Å². The van der Waals surface area contributed by atoms with Crippen LogP contribution in [-0.4, -0.2) is 23.3 Å². The van der Waals surface area contributed by atoms with Gasteiger partial charge in [-0.05, 0) is 41.3 Å². The molecule has 2 N–H and O–H groups in total. The van der Waals surface area contributed by atoms with E-state index in [-0.39, 0.29) is 0 Å². The monoisotopic (exact) mass is 333 g/mol. The maximum Gasteiger partial charge on any atom is 0.313 e. The van der Waals surface area contributed by atoms with Crippen molar-refractivity contribution in [3.63, 3.8) is 0 Å². The first-order valence-electron chi connectivity index (χ1n) is 8.11. The van der Waals surface area contributed by atoms with Crippen molar-refractivity contribution < 1.29 is 9.59 Å². The highest BCUT2D eigenvalue weighted by Gasteiger charge is 2.14. The molecule has 0 fully saturated rings. The Kier molecular flexibility index (Phi) is 5.04. The van der Waals surface area contributed by atoms with Crippen LogP contribution >= 0.6 is 0 Å². The largest absolute Gasteiger partial charge is 0.347 e. The molecule has 5 heteroatoms. The molecular formula is C20H19N3O2. The van der Waals surface area contributed by atoms with Crippen LogP contribution in [-0.2, 0) is 16.0 Å². The molecule has 3 rings (SSSR count). The lowest BCUT2D eigenvalue weighted by molar-refractivity contribution is -0.136. The fourth-order valence-electron chi connectivity index (χ4n) is 2.68. The van der Waals surface area contributed by atoms with E-state index in [4.69, 9.17) is 0 Å². The van der Waals surface area contributed by atoms with Crippen molar-refractivity contribution in [3.05, 3.63) is 72.1 Å². The molecule has 3 aromatic rings. The number of amides is 2. The summed E-state index contributed by atoms with van der Waals surface area (Å²) in [5.41, 5.74) is 2.53. The molecule has 0 aliphatic heterocycles. The first kappa shape index (κ1) is 16.6. The van der Waals surface area contributed by atoms with Gasteiger partial charge in [0, 0.05) is 12.7 Å². The average molecular weight is 333 g/mol. The molecule has 0 aliphatic carbocycles. The van der Waals surface area contributed by atoms with Crippen LogP contribution in [0.3, 0.4) is 0 Å². The molecule has 0 aliphatic rings. The number of carbonyl (C=O) groups is 2. The third kappa shape index (κ3) is 4.01. The highest BCUT2D eigenvalue weighted by molar-refractivity contribution is 6.39. The third-order valence-corrected chi connectivity index (χ3v) is 4.05. The van der Waals surface area contributed by atoms with Crippen LogP contribution in [0.4, 0.5) is 5.69 Å². The smallest absolute Gasteiger partial charge is 0.313 e. The molecule has 1 aromatic heterocycles. The summed E-state index contributed by atoms with van der Waals surface area (Å²) >= 11 is 0. The van der Waals surface area contributed by atoms with E-state index < -0.39 is 11.8 Å². The second-order valence-electron chi connectivity index (χ2n) is 5.79. The molecular weight excluding hydrogens is 314 g/mol. The van der Waals surface area contributed by atoms with E-state index in [1.165, 1.54) is 6.20 Å². The fraction of sp³-hybridized carbons (Fsp3) is 0.150. The van der Waals surface area contributed by atoms with E-state index in [1.807, 2.05) is 31.2 Å². The van der Waals surface area contributed by atoms with Crippen LogP contribution in [0.15, 0.2) is 60.9 Å². The number of benzene rings is 2. The Labute approximate surface area is 146 Å². The minimum absolute atomic E-state index is 0.395. The zero-order chi connectivity index (χ0) is 17.6. The summed E-state index contributed by atoms with van der Waals surface area (Å²) in [7, 11) is 0. The summed E-state index contributed by atoms with van der Waals surface area (Å²) in [6.07, 6.45) is 3.82. The van der Waals surface area contributed by atoms with Gasteiger partial charge in [-0.2, -0.15) is 0 Å². The number of aryl methyl sites for hydroxylation is 1. The minimum atomic E-state index is -0.686. The number of rotatable bonds is 4. The van der Waals surface area contributed by atoms with Crippen molar-refractivity contribution in [1.82, 2.24) is 10.3 Å². The summed E-state index contributed by atoms with van der Waals surface area (Å²) in [6, 6.07) is 16.0. The molecule has 0 saturated heterocycles. The lowest BCUT2D eigenvalue weighted by Crippen LogP contribution is -2.36. The average Bonchev–Trinajstić information content (AvgIpc) is 2.63. The normalized spacial score (nSPS) is 10.4. The number of anilines is 1. The molecule has 1 heterocycles. The van der Waals surface area contributed by atoms with Gasteiger partial charge in [-0.25, -0.2) is 0 Å². The van der Waals surface area contributed by atoms with Crippen molar-refractivity contribution in [1.29, 1.82) is 0 Å². The number of fused-ring (bicyclic) bond motifs is 1. The molecule has 2 aromatic carbocycles. The number of pyridine rings is 1. The molecule has 0 atom stereocenters. The number of aromatic nitrogens is 1. The second-order valence-corrected chi connectivity index (χ2v) is 5.79. The summed E-state index contributed by atoms with van der Waals surface area (Å²) in [4.78, 5) is 27.9. The lowest BCUT2D eigenvalue weighted by atomic mass is 10.0. The van der Waals surface area contributed by atoms with Gasteiger partial charge in [0.15, 0.2) is 0 Å². The van der Waals surface area contributed by atoms with Gasteiger partial charge in [0.25, 0.3) is 0 Å². The van der Waals surface area contributed by atoms with Crippen molar-refractivity contribution in [2.24, 2.45) is 0 Å². The zero-order valence-electron chi connectivity index (χ0n) is 14.0. The van der Waals surface area contributed by atoms with Crippen LogP contribution in [0.5, 0.6) is 0 Å². The Morgan fingerprint density at radius 2 is 1.80 bits per heavy atom. The van der Waals surface area contributed by atoms with Crippen LogP contribution in [0, 0.1) is 6.92 Å². The summed E-state index contributed by atoms with van der Waals surface area (Å²) in [5, 5.41) is 7.56. The second kappa shape index (κ2) is 7.57. The summed E-state index contributed by atoms with van der Waals surface area (Å²) in [5.74, 6) is -1.34. The predicted molar refractivity (Wildman–Crippen MR) is 98.3 cm³/mol. The Morgan fingerprint density at radius 1 is 1.00 bits per heavy atom. The van der Waals surface area contributed by atoms with Gasteiger partial charge < -0.3 is 10.6 Å². The molecule has 0 unspecified atom stereocenters. The Hall–Kier alpha value is -3.21. The van der Waals surface area contributed by atoms with Crippen LogP contribution in [0.2, 0.25) is 0 Å². The van der Waals surface area contributed by atoms with E-state index in [2.05, 4.69) is 33.8 Å². The summed E-state index contributed by atoms with van der Waals surface area (Å²) < 4.78 is 0. The number of hydrogen-bond donors (Lipinski definition) is 2. The zero-order valence-corrected chi connectivity index (χ0v) is 14.0. The highest BCUT2D eigenvalue weighted by Crippen LogP contribution is 2.18. The van der Waals surface area contributed by atoms with Gasteiger partial charge in [0.2, 0.25) is 0 Å². The fourth-order valence-corrected chi connectivity index (χ4v) is 2.68. The van der Waals surface area contributed by atoms with E-state index in [0.29, 0.717) is 18.7 Å². The number of carbonyl (C=O) groups excluding carboxylic acids is 2. The van der Waals surface area contributed by atoms with Gasteiger partial charge in [0.1, 0.15) is 0 Å². The van der Waals surface area contributed by atoms with Crippen LogP contribution in [0.1, 0.15) is 11.1 Å². The molecule has 0 saturated carbocycles. The standard InChI is InChI=1S/C20H19N3O2/c1-14-9-11-21-13-18(14)23-20(25)19(24)22-12-10-16-7-4-6-15-5-2-3-8-17(15)16/h2-9,11,13H,10,12H2,1H3,(H,22,24)(H,23,25). The van der Waals surface area contributed by atoms with Gasteiger partial charge in [0.05, 0.1) is 11.9 Å². The van der Waals surface area contributed by atoms with E-state index in [1.54, 1.807) is 12.3 Å². The van der Waals surface area contributed by atoms with Crippen LogP contribution in [0.25, 0.3) is 10.8 Å². The van der Waals surface area contributed by atoms with Gasteiger partial charge >= 0.3 is 11.8 Å². The molecule has 0 spiro atoms. The maximum absolute atomic E-state index is 12.0. The summed E-state index contributed by atoms with van der Waals surface area (Å²) in [6.45, 7) is 2.24. The Balaban J connectivity index is 1.57. The molecule has 126 valence electrons. The van der Waals surface area contributed by atoms with Crippen molar-refractivity contribution >= 4 is 28.3 Å². The Bertz CT molecular complexity index is 916. The van der Waals surface area contributed by atoms with Gasteiger partial charge in [-0.3, -0.25) is 14.6 Å². The number of hydrogen-bond acceptors (Lipinski definition) is 3. The lowest BCUT2D eigenvalue weighted by Gasteiger charge is -2.09. The van der Waals surface area contributed by atoms with Crippen molar-refractivity contribution in [2.45, 2.75) is 13.3 Å². The van der Waals surface area contributed by atoms with Gasteiger partial charge in [-0.1, -0.05) is 42.5 Å². The molecule has 2 amide bonds. The van der Waals surface area contributed by atoms with Gasteiger partial charge in [-0.15, -0.1) is 0 Å². The minimum Gasteiger partial charge on any atom is -0.347 e. The topological polar surface area (TPSA) is 71.1 Å². The number of nitrogens with one attached hydrogen (secondary N) is 2. The SMILES string of the molecule is Cc1ccncc1NC(=O)C(=O)NCCc1cccc2ccccc12. The molecule has 25 heavy (non-hydrogen) atoms. The molecule has 5 nitrogen and oxygen atoms in total. The number of nitrogens with zero attached hydrogens (tertiary/aromatic N) is 1. The van der Waals surface area contributed by atoms with Crippen LogP contribution < -0.4 is 10.6 Å². The van der Waals surface area contributed by atoms with E-state index in [0.717, 1.165) is 21.9 Å². The Morgan fingerprint density at radius 3 is 2.64 bits per heavy atom. The quantitative estimate of drug-likeness (QED) is 0.721. The first-order valence-corrected chi connectivity index (χ1v) is 8.11.